The minimum Gasteiger partial charge on any atom is -0.378 e. The van der Waals surface area contributed by atoms with Gasteiger partial charge in [0.15, 0.2) is 0 Å². The predicted molar refractivity (Wildman–Crippen MR) is 109 cm³/mol. The van der Waals surface area contributed by atoms with Crippen molar-refractivity contribution in [2.24, 2.45) is 7.05 Å². The van der Waals surface area contributed by atoms with Crippen LogP contribution < -0.4 is 10.2 Å². The van der Waals surface area contributed by atoms with Gasteiger partial charge in [0.1, 0.15) is 11.5 Å². The van der Waals surface area contributed by atoms with Crippen LogP contribution in [0.5, 0.6) is 0 Å². The third-order valence-electron chi connectivity index (χ3n) is 5.14. The first kappa shape index (κ1) is 16.1. The number of pyridine rings is 2. The number of hydrogen-bond donors (Lipinski definition) is 1. The van der Waals surface area contributed by atoms with Crippen LogP contribution in [0.4, 0.5) is 17.2 Å². The van der Waals surface area contributed by atoms with Crippen LogP contribution in [0.2, 0.25) is 0 Å². The van der Waals surface area contributed by atoms with Gasteiger partial charge in [-0.25, -0.2) is 4.98 Å². The number of aryl methyl sites for hydroxylation is 1. The normalized spacial score (nSPS) is 14.8. The molecule has 1 fully saturated rings. The zero-order valence-electron chi connectivity index (χ0n) is 15.2. The lowest BCUT2D eigenvalue weighted by Crippen LogP contribution is -2.36. The first-order chi connectivity index (χ1) is 13.3. The molecule has 6 heteroatoms. The van der Waals surface area contributed by atoms with E-state index in [2.05, 4.69) is 50.1 Å². The Balaban J connectivity index is 1.48. The number of morpholine rings is 1. The zero-order valence-corrected chi connectivity index (χ0v) is 15.2. The Bertz CT molecular complexity index is 1110. The topological polar surface area (TPSA) is 55.2 Å². The number of nitrogens with zero attached hydrogens (tertiary/aromatic N) is 4. The smallest absolute Gasteiger partial charge is 0.143 e. The molecule has 1 aliphatic rings. The quantitative estimate of drug-likeness (QED) is 0.604. The molecule has 0 radical (unpaired) electrons. The summed E-state index contributed by atoms with van der Waals surface area (Å²) in [5.41, 5.74) is 4.33. The van der Waals surface area contributed by atoms with Crippen molar-refractivity contribution in [2.75, 3.05) is 36.5 Å². The van der Waals surface area contributed by atoms with Crippen molar-refractivity contribution in [1.82, 2.24) is 14.5 Å². The summed E-state index contributed by atoms with van der Waals surface area (Å²) in [5, 5.41) is 5.70. The number of benzene rings is 1. The third-order valence-corrected chi connectivity index (χ3v) is 5.14. The van der Waals surface area contributed by atoms with Crippen LogP contribution in [0.1, 0.15) is 0 Å². The molecule has 5 rings (SSSR count). The summed E-state index contributed by atoms with van der Waals surface area (Å²) in [5.74, 6) is 0.834. The van der Waals surface area contributed by atoms with E-state index in [1.807, 2.05) is 31.6 Å². The standard InChI is InChI=1S/C21H21N5O/c1-25-19-7-8-22-14-18(19)17-5-6-20(24-21(17)25)23-15-3-2-4-16(13-15)26-9-11-27-12-10-26/h2-8,13-14H,9-12H2,1H3,(H,23,24). The fourth-order valence-corrected chi connectivity index (χ4v) is 3.73. The van der Waals surface area contributed by atoms with E-state index < -0.39 is 0 Å². The van der Waals surface area contributed by atoms with Gasteiger partial charge in [-0.15, -0.1) is 0 Å². The van der Waals surface area contributed by atoms with Gasteiger partial charge in [0.05, 0.1) is 18.7 Å². The summed E-state index contributed by atoms with van der Waals surface area (Å²) in [6, 6.07) is 14.6. The number of ether oxygens (including phenoxy) is 1. The maximum Gasteiger partial charge on any atom is 0.143 e. The maximum atomic E-state index is 5.45. The molecule has 1 aliphatic heterocycles. The largest absolute Gasteiger partial charge is 0.378 e. The highest BCUT2D eigenvalue weighted by atomic mass is 16.5. The van der Waals surface area contributed by atoms with E-state index in [4.69, 9.17) is 9.72 Å². The lowest BCUT2D eigenvalue weighted by Gasteiger charge is -2.29. The Morgan fingerprint density at radius 2 is 1.93 bits per heavy atom. The van der Waals surface area contributed by atoms with Gasteiger partial charge >= 0.3 is 0 Å². The molecule has 0 saturated carbocycles. The summed E-state index contributed by atoms with van der Waals surface area (Å²) in [6.07, 6.45) is 3.72. The molecule has 0 bridgehead atoms. The molecule has 27 heavy (non-hydrogen) atoms. The summed E-state index contributed by atoms with van der Waals surface area (Å²) >= 11 is 0. The lowest BCUT2D eigenvalue weighted by atomic mass is 10.2. The van der Waals surface area contributed by atoms with Crippen molar-refractivity contribution in [3.05, 3.63) is 54.9 Å². The summed E-state index contributed by atoms with van der Waals surface area (Å²) < 4.78 is 7.56. The second-order valence-corrected chi connectivity index (χ2v) is 6.79. The Morgan fingerprint density at radius 1 is 1.04 bits per heavy atom. The van der Waals surface area contributed by atoms with Crippen molar-refractivity contribution in [3.63, 3.8) is 0 Å². The van der Waals surface area contributed by atoms with Gasteiger partial charge in [-0.05, 0) is 36.4 Å². The highest BCUT2D eigenvalue weighted by Crippen LogP contribution is 2.28. The number of rotatable bonds is 3. The minimum atomic E-state index is 0.784. The number of anilines is 3. The second-order valence-electron chi connectivity index (χ2n) is 6.79. The molecule has 6 nitrogen and oxygen atoms in total. The van der Waals surface area contributed by atoms with Crippen LogP contribution >= 0.6 is 0 Å². The van der Waals surface area contributed by atoms with Crippen LogP contribution in [0.3, 0.4) is 0 Å². The van der Waals surface area contributed by atoms with Crippen molar-refractivity contribution >= 4 is 39.1 Å². The van der Waals surface area contributed by atoms with Gasteiger partial charge in [-0.2, -0.15) is 0 Å². The molecule has 0 aliphatic carbocycles. The van der Waals surface area contributed by atoms with Crippen LogP contribution in [-0.4, -0.2) is 40.8 Å². The molecule has 1 aromatic carbocycles. The number of nitrogens with one attached hydrogen (secondary N) is 1. The van der Waals surface area contributed by atoms with Gasteiger partial charge in [-0.1, -0.05) is 6.07 Å². The molecular weight excluding hydrogens is 338 g/mol. The molecular formula is C21H21N5O. The Labute approximate surface area is 157 Å². The van der Waals surface area contributed by atoms with E-state index in [1.54, 1.807) is 0 Å². The molecule has 0 spiro atoms. The van der Waals surface area contributed by atoms with E-state index in [1.165, 1.54) is 5.69 Å². The van der Waals surface area contributed by atoms with Gasteiger partial charge in [-0.3, -0.25) is 4.98 Å². The van der Waals surface area contributed by atoms with Crippen LogP contribution in [-0.2, 0) is 11.8 Å². The number of hydrogen-bond acceptors (Lipinski definition) is 5. The van der Waals surface area contributed by atoms with Gasteiger partial charge < -0.3 is 19.5 Å². The molecule has 0 unspecified atom stereocenters. The fourth-order valence-electron chi connectivity index (χ4n) is 3.73. The first-order valence-electron chi connectivity index (χ1n) is 9.18. The summed E-state index contributed by atoms with van der Waals surface area (Å²) in [6.45, 7) is 3.42. The molecule has 4 heterocycles. The highest BCUT2D eigenvalue weighted by Gasteiger charge is 2.12. The fraction of sp³-hybridized carbons (Fsp3) is 0.238. The lowest BCUT2D eigenvalue weighted by molar-refractivity contribution is 0.122. The van der Waals surface area contributed by atoms with Crippen molar-refractivity contribution in [3.8, 4) is 0 Å². The van der Waals surface area contributed by atoms with E-state index in [9.17, 15) is 0 Å². The van der Waals surface area contributed by atoms with Crippen LogP contribution in [0.25, 0.3) is 21.9 Å². The molecule has 0 atom stereocenters. The van der Waals surface area contributed by atoms with E-state index >= 15 is 0 Å². The SMILES string of the molecule is Cn1c2ccncc2c2ccc(Nc3cccc(N4CCOCC4)c3)nc21. The average Bonchev–Trinajstić information content (AvgIpc) is 3.01. The maximum absolute atomic E-state index is 5.45. The zero-order chi connectivity index (χ0) is 18.2. The summed E-state index contributed by atoms with van der Waals surface area (Å²) in [7, 11) is 2.04. The Kier molecular flexibility index (Phi) is 3.90. The highest BCUT2D eigenvalue weighted by molar-refractivity contribution is 6.06. The van der Waals surface area contributed by atoms with Crippen LogP contribution in [0, 0.1) is 0 Å². The van der Waals surface area contributed by atoms with E-state index in [0.29, 0.717) is 0 Å². The van der Waals surface area contributed by atoms with Gasteiger partial charge in [0, 0.05) is 54.7 Å². The predicted octanol–water partition coefficient (Wildman–Crippen LogP) is 3.70. The van der Waals surface area contributed by atoms with Crippen LogP contribution in [0.15, 0.2) is 54.9 Å². The summed E-state index contributed by atoms with van der Waals surface area (Å²) in [4.78, 5) is 11.4. The average molecular weight is 359 g/mol. The minimum absolute atomic E-state index is 0.784. The molecule has 4 aromatic rings. The number of aromatic nitrogens is 3. The van der Waals surface area contributed by atoms with Gasteiger partial charge in [0.2, 0.25) is 0 Å². The van der Waals surface area contributed by atoms with Crippen molar-refractivity contribution in [2.45, 2.75) is 0 Å². The van der Waals surface area contributed by atoms with Crippen molar-refractivity contribution in [1.29, 1.82) is 0 Å². The first-order valence-corrected chi connectivity index (χ1v) is 9.18. The molecule has 136 valence electrons. The monoisotopic (exact) mass is 359 g/mol. The van der Waals surface area contributed by atoms with E-state index in [-0.39, 0.29) is 0 Å². The Hall–Kier alpha value is -3.12. The molecule has 1 saturated heterocycles. The van der Waals surface area contributed by atoms with Gasteiger partial charge in [0.25, 0.3) is 0 Å². The van der Waals surface area contributed by atoms with Crippen molar-refractivity contribution < 1.29 is 4.74 Å². The molecule has 3 aromatic heterocycles. The Morgan fingerprint density at radius 3 is 2.81 bits per heavy atom. The van der Waals surface area contributed by atoms with E-state index in [0.717, 1.165) is 59.7 Å². The number of fused-ring (bicyclic) bond motifs is 3. The molecule has 1 N–H and O–H groups in total. The molecule has 0 amide bonds. The second kappa shape index (κ2) is 6.55. The third kappa shape index (κ3) is 2.88.